The van der Waals surface area contributed by atoms with Crippen molar-refractivity contribution in [2.75, 3.05) is 5.32 Å². The summed E-state index contributed by atoms with van der Waals surface area (Å²) in [7, 11) is 0. The quantitative estimate of drug-likeness (QED) is 0.871. The number of hydrogen-bond donors (Lipinski definition) is 1. The molecule has 0 fully saturated rings. The topological polar surface area (TPSA) is 29.1 Å². The molecular formula is C18H21NO. The van der Waals surface area contributed by atoms with Crippen molar-refractivity contribution in [1.82, 2.24) is 0 Å². The van der Waals surface area contributed by atoms with Gasteiger partial charge in [0.2, 0.25) is 0 Å². The number of rotatable bonds is 4. The van der Waals surface area contributed by atoms with Crippen LogP contribution in [0.15, 0.2) is 48.5 Å². The standard InChI is InChI=1S/C18H21NO/c1-13(2)11-15-9-10-17(14(3)12-15)19-18(20)16-7-5-4-6-8-16/h4-10,12-13H,11H2,1-3H3,(H,19,20). The van der Waals surface area contributed by atoms with Gasteiger partial charge in [0.05, 0.1) is 0 Å². The van der Waals surface area contributed by atoms with Crippen molar-refractivity contribution in [2.45, 2.75) is 27.2 Å². The first-order chi connectivity index (χ1) is 9.56. The van der Waals surface area contributed by atoms with Gasteiger partial charge >= 0.3 is 0 Å². The average molecular weight is 267 g/mol. The number of hydrogen-bond acceptors (Lipinski definition) is 1. The summed E-state index contributed by atoms with van der Waals surface area (Å²) in [6.45, 7) is 6.45. The number of carbonyl (C=O) groups is 1. The lowest BCUT2D eigenvalue weighted by Gasteiger charge is -2.11. The Balaban J connectivity index is 2.12. The summed E-state index contributed by atoms with van der Waals surface area (Å²) in [6, 6.07) is 15.5. The predicted octanol–water partition coefficient (Wildman–Crippen LogP) is 4.45. The molecule has 0 aliphatic carbocycles. The third-order valence-electron chi connectivity index (χ3n) is 3.22. The first kappa shape index (κ1) is 14.3. The SMILES string of the molecule is Cc1cc(CC(C)C)ccc1NC(=O)c1ccccc1. The molecule has 0 aliphatic heterocycles. The van der Waals surface area contributed by atoms with Crippen LogP contribution < -0.4 is 5.32 Å². The number of benzene rings is 2. The molecule has 0 saturated heterocycles. The first-order valence-corrected chi connectivity index (χ1v) is 7.02. The molecule has 2 rings (SSSR count). The zero-order valence-electron chi connectivity index (χ0n) is 12.3. The molecule has 2 heteroatoms. The van der Waals surface area contributed by atoms with Crippen LogP contribution in [-0.4, -0.2) is 5.91 Å². The molecule has 0 heterocycles. The lowest BCUT2D eigenvalue weighted by molar-refractivity contribution is 0.102. The van der Waals surface area contributed by atoms with E-state index in [1.807, 2.05) is 43.3 Å². The van der Waals surface area contributed by atoms with Crippen molar-refractivity contribution in [3.8, 4) is 0 Å². The molecule has 0 unspecified atom stereocenters. The minimum Gasteiger partial charge on any atom is -0.322 e. The second-order valence-corrected chi connectivity index (χ2v) is 5.57. The van der Waals surface area contributed by atoms with Crippen LogP contribution in [0.1, 0.15) is 35.3 Å². The Morgan fingerprint density at radius 1 is 1.10 bits per heavy atom. The Kier molecular flexibility index (Phi) is 4.57. The highest BCUT2D eigenvalue weighted by Gasteiger charge is 2.08. The molecule has 0 radical (unpaired) electrons. The van der Waals surface area contributed by atoms with Crippen molar-refractivity contribution < 1.29 is 4.79 Å². The van der Waals surface area contributed by atoms with E-state index in [9.17, 15) is 4.79 Å². The van der Waals surface area contributed by atoms with Gasteiger partial charge in [-0.1, -0.05) is 44.2 Å². The minimum atomic E-state index is -0.0645. The summed E-state index contributed by atoms with van der Waals surface area (Å²) in [6.07, 6.45) is 1.06. The zero-order valence-corrected chi connectivity index (χ0v) is 12.3. The van der Waals surface area contributed by atoms with E-state index in [0.717, 1.165) is 17.7 Å². The van der Waals surface area contributed by atoms with Crippen LogP contribution in [0.2, 0.25) is 0 Å². The minimum absolute atomic E-state index is 0.0645. The number of nitrogens with one attached hydrogen (secondary N) is 1. The summed E-state index contributed by atoms with van der Waals surface area (Å²) in [5, 5.41) is 2.97. The normalized spacial score (nSPS) is 10.6. The van der Waals surface area contributed by atoms with E-state index in [-0.39, 0.29) is 5.91 Å². The largest absolute Gasteiger partial charge is 0.322 e. The van der Waals surface area contributed by atoms with E-state index in [0.29, 0.717) is 11.5 Å². The first-order valence-electron chi connectivity index (χ1n) is 7.02. The predicted molar refractivity (Wildman–Crippen MR) is 84.1 cm³/mol. The second kappa shape index (κ2) is 6.38. The molecule has 20 heavy (non-hydrogen) atoms. The number of anilines is 1. The van der Waals surface area contributed by atoms with Crippen molar-refractivity contribution in [2.24, 2.45) is 5.92 Å². The molecule has 0 aromatic heterocycles. The molecule has 0 bridgehead atoms. The Morgan fingerprint density at radius 2 is 1.80 bits per heavy atom. The van der Waals surface area contributed by atoms with Gasteiger partial charge in [-0.15, -0.1) is 0 Å². The van der Waals surface area contributed by atoms with E-state index in [2.05, 4.69) is 31.3 Å². The number of aryl methyl sites for hydroxylation is 1. The van der Waals surface area contributed by atoms with Gasteiger partial charge in [0.25, 0.3) is 5.91 Å². The maximum absolute atomic E-state index is 12.1. The molecule has 0 atom stereocenters. The molecule has 2 aromatic carbocycles. The molecule has 0 spiro atoms. The van der Waals surface area contributed by atoms with Crippen molar-refractivity contribution >= 4 is 11.6 Å². The van der Waals surface area contributed by atoms with Crippen LogP contribution in [0.25, 0.3) is 0 Å². The van der Waals surface area contributed by atoms with E-state index in [4.69, 9.17) is 0 Å². The molecular weight excluding hydrogens is 246 g/mol. The number of carbonyl (C=O) groups excluding carboxylic acids is 1. The molecule has 104 valence electrons. The van der Waals surface area contributed by atoms with Crippen LogP contribution in [0.4, 0.5) is 5.69 Å². The third-order valence-corrected chi connectivity index (χ3v) is 3.22. The summed E-state index contributed by atoms with van der Waals surface area (Å²) >= 11 is 0. The molecule has 1 amide bonds. The van der Waals surface area contributed by atoms with Crippen LogP contribution in [-0.2, 0) is 6.42 Å². The van der Waals surface area contributed by atoms with Gasteiger partial charge in [0, 0.05) is 11.3 Å². The average Bonchev–Trinajstić information content (AvgIpc) is 2.42. The van der Waals surface area contributed by atoms with Crippen LogP contribution in [0.3, 0.4) is 0 Å². The Morgan fingerprint density at radius 3 is 2.40 bits per heavy atom. The van der Waals surface area contributed by atoms with Crippen molar-refractivity contribution in [1.29, 1.82) is 0 Å². The molecule has 0 aliphatic rings. The van der Waals surface area contributed by atoms with Gasteiger partial charge in [-0.05, 0) is 48.6 Å². The monoisotopic (exact) mass is 267 g/mol. The molecule has 0 saturated carbocycles. The maximum atomic E-state index is 12.1. The van der Waals surface area contributed by atoms with Gasteiger partial charge in [-0.2, -0.15) is 0 Å². The Bertz CT molecular complexity index is 588. The van der Waals surface area contributed by atoms with Crippen molar-refractivity contribution in [3.05, 3.63) is 65.2 Å². The van der Waals surface area contributed by atoms with Gasteiger partial charge < -0.3 is 5.32 Å². The second-order valence-electron chi connectivity index (χ2n) is 5.57. The fourth-order valence-electron chi connectivity index (χ4n) is 2.25. The molecule has 1 N–H and O–H groups in total. The number of amides is 1. The Hall–Kier alpha value is -2.09. The lowest BCUT2D eigenvalue weighted by Crippen LogP contribution is -2.12. The summed E-state index contributed by atoms with van der Waals surface area (Å²) in [5.41, 5.74) is 3.98. The highest BCUT2D eigenvalue weighted by molar-refractivity contribution is 6.04. The van der Waals surface area contributed by atoms with E-state index in [1.54, 1.807) is 0 Å². The third kappa shape index (κ3) is 3.70. The summed E-state index contributed by atoms with van der Waals surface area (Å²) < 4.78 is 0. The van der Waals surface area contributed by atoms with Crippen LogP contribution in [0.5, 0.6) is 0 Å². The van der Waals surface area contributed by atoms with Gasteiger partial charge in [0.1, 0.15) is 0 Å². The fourth-order valence-corrected chi connectivity index (χ4v) is 2.25. The van der Waals surface area contributed by atoms with Crippen LogP contribution >= 0.6 is 0 Å². The van der Waals surface area contributed by atoms with Gasteiger partial charge in [0.15, 0.2) is 0 Å². The van der Waals surface area contributed by atoms with Crippen molar-refractivity contribution in [3.63, 3.8) is 0 Å². The summed E-state index contributed by atoms with van der Waals surface area (Å²) in [4.78, 5) is 12.1. The fraction of sp³-hybridized carbons (Fsp3) is 0.278. The maximum Gasteiger partial charge on any atom is 0.255 e. The van der Waals surface area contributed by atoms with Gasteiger partial charge in [-0.3, -0.25) is 4.79 Å². The van der Waals surface area contributed by atoms with E-state index >= 15 is 0 Å². The van der Waals surface area contributed by atoms with Gasteiger partial charge in [-0.25, -0.2) is 0 Å². The zero-order chi connectivity index (χ0) is 14.5. The Labute approximate surface area is 120 Å². The summed E-state index contributed by atoms with van der Waals surface area (Å²) in [5.74, 6) is 0.574. The van der Waals surface area contributed by atoms with E-state index < -0.39 is 0 Å². The lowest BCUT2D eigenvalue weighted by atomic mass is 10.0. The highest BCUT2D eigenvalue weighted by atomic mass is 16.1. The van der Waals surface area contributed by atoms with E-state index in [1.165, 1.54) is 5.56 Å². The molecule has 2 aromatic rings. The van der Waals surface area contributed by atoms with Crippen LogP contribution in [0, 0.1) is 12.8 Å². The highest BCUT2D eigenvalue weighted by Crippen LogP contribution is 2.19. The molecule has 2 nitrogen and oxygen atoms in total. The smallest absolute Gasteiger partial charge is 0.255 e.